The third-order valence-electron chi connectivity index (χ3n) is 5.25. The van der Waals surface area contributed by atoms with Gasteiger partial charge in [-0.3, -0.25) is 19.4 Å². The molecule has 2 fully saturated rings. The quantitative estimate of drug-likeness (QED) is 0.846. The second-order valence-electron chi connectivity index (χ2n) is 7.10. The van der Waals surface area contributed by atoms with Gasteiger partial charge in [0.2, 0.25) is 11.8 Å². The molecule has 2 saturated heterocycles. The topological polar surface area (TPSA) is 69.9 Å². The van der Waals surface area contributed by atoms with E-state index in [1.165, 1.54) is 5.56 Å². The Kier molecular flexibility index (Phi) is 6.04. The van der Waals surface area contributed by atoms with Crippen LogP contribution >= 0.6 is 0 Å². The van der Waals surface area contributed by atoms with Crippen LogP contribution in [0.3, 0.4) is 0 Å². The highest BCUT2D eigenvalue weighted by atomic mass is 16.2. The summed E-state index contributed by atoms with van der Waals surface area (Å²) in [5.41, 5.74) is 6.57. The van der Waals surface area contributed by atoms with E-state index in [0.717, 1.165) is 58.7 Å². The van der Waals surface area contributed by atoms with Gasteiger partial charge in [-0.15, -0.1) is 0 Å². The molecule has 0 spiro atoms. The smallest absolute Gasteiger partial charge is 0.231 e. The summed E-state index contributed by atoms with van der Waals surface area (Å²) < 4.78 is 0. The zero-order chi connectivity index (χ0) is 17.6. The van der Waals surface area contributed by atoms with E-state index in [2.05, 4.69) is 29.2 Å². The maximum absolute atomic E-state index is 12.7. The zero-order valence-corrected chi connectivity index (χ0v) is 14.8. The highest BCUT2D eigenvalue weighted by molar-refractivity contribution is 5.79. The molecule has 1 aromatic rings. The van der Waals surface area contributed by atoms with Gasteiger partial charge in [-0.05, 0) is 31.5 Å². The zero-order valence-electron chi connectivity index (χ0n) is 14.8. The molecule has 2 heterocycles. The number of carbonyl (C=O) groups is 2. The van der Waals surface area contributed by atoms with Crippen LogP contribution in [0, 0.1) is 5.92 Å². The molecule has 3 rings (SSSR count). The van der Waals surface area contributed by atoms with Gasteiger partial charge in [-0.25, -0.2) is 0 Å². The minimum atomic E-state index is -0.292. The third-order valence-corrected chi connectivity index (χ3v) is 5.25. The van der Waals surface area contributed by atoms with Crippen LogP contribution in [0.25, 0.3) is 0 Å². The Morgan fingerprint density at radius 1 is 0.920 bits per heavy atom. The minimum Gasteiger partial charge on any atom is -0.369 e. The molecule has 0 unspecified atom stereocenters. The molecule has 0 radical (unpaired) electrons. The van der Waals surface area contributed by atoms with Crippen LogP contribution in [0.2, 0.25) is 0 Å². The van der Waals surface area contributed by atoms with Crippen LogP contribution in [0.15, 0.2) is 30.3 Å². The van der Waals surface area contributed by atoms with Crippen LogP contribution in [0.5, 0.6) is 0 Å². The monoisotopic (exact) mass is 344 g/mol. The number of nitrogens with zero attached hydrogens (tertiary/aromatic N) is 3. The lowest BCUT2D eigenvalue weighted by atomic mass is 9.95. The maximum Gasteiger partial charge on any atom is 0.231 e. The standard InChI is InChI=1S/C19H28N4O2/c20-18(24)15-21-8-6-17(7-9-21)19(25)23-12-10-22(11-13-23)14-16-4-2-1-3-5-16/h1-5,17H,6-15H2,(H2,20,24). The van der Waals surface area contributed by atoms with Gasteiger partial charge in [0, 0.05) is 38.6 Å². The van der Waals surface area contributed by atoms with Crippen molar-refractivity contribution in [1.82, 2.24) is 14.7 Å². The minimum absolute atomic E-state index is 0.102. The summed E-state index contributed by atoms with van der Waals surface area (Å²) in [6, 6.07) is 10.5. The number of piperidine rings is 1. The Morgan fingerprint density at radius 3 is 2.16 bits per heavy atom. The molecular weight excluding hydrogens is 316 g/mol. The van der Waals surface area contributed by atoms with Crippen molar-refractivity contribution in [1.29, 1.82) is 0 Å². The van der Waals surface area contributed by atoms with Gasteiger partial charge in [-0.1, -0.05) is 30.3 Å². The van der Waals surface area contributed by atoms with Gasteiger partial charge in [0.15, 0.2) is 0 Å². The molecule has 25 heavy (non-hydrogen) atoms. The van der Waals surface area contributed by atoms with E-state index in [0.29, 0.717) is 6.54 Å². The van der Waals surface area contributed by atoms with Gasteiger partial charge < -0.3 is 10.6 Å². The highest BCUT2D eigenvalue weighted by Gasteiger charge is 2.30. The predicted molar refractivity (Wildman–Crippen MR) is 96.7 cm³/mol. The van der Waals surface area contributed by atoms with Crippen LogP contribution < -0.4 is 5.73 Å². The summed E-state index contributed by atoms with van der Waals surface area (Å²) in [5.74, 6) is 0.0993. The van der Waals surface area contributed by atoms with Gasteiger partial charge in [0.25, 0.3) is 0 Å². The molecule has 2 aliphatic heterocycles. The van der Waals surface area contributed by atoms with Crippen molar-refractivity contribution in [3.8, 4) is 0 Å². The average molecular weight is 344 g/mol. The maximum atomic E-state index is 12.7. The number of nitrogens with two attached hydrogens (primary N) is 1. The van der Waals surface area contributed by atoms with Gasteiger partial charge in [0.1, 0.15) is 0 Å². The van der Waals surface area contributed by atoms with E-state index in [9.17, 15) is 9.59 Å². The van der Waals surface area contributed by atoms with E-state index in [-0.39, 0.29) is 17.7 Å². The fourth-order valence-corrected chi connectivity index (χ4v) is 3.78. The Morgan fingerprint density at radius 2 is 1.56 bits per heavy atom. The number of carbonyl (C=O) groups excluding carboxylic acids is 2. The second kappa shape index (κ2) is 8.45. The third kappa shape index (κ3) is 5.03. The molecule has 0 atom stereocenters. The second-order valence-corrected chi connectivity index (χ2v) is 7.10. The first kappa shape index (κ1) is 17.9. The number of rotatable bonds is 5. The molecule has 0 aromatic heterocycles. The first-order chi connectivity index (χ1) is 12.1. The number of piperazine rings is 1. The molecule has 136 valence electrons. The molecule has 2 aliphatic rings. The number of hydrogen-bond donors (Lipinski definition) is 1. The lowest BCUT2D eigenvalue weighted by Crippen LogP contribution is -2.51. The molecule has 0 aliphatic carbocycles. The van der Waals surface area contributed by atoms with Crippen molar-refractivity contribution < 1.29 is 9.59 Å². The summed E-state index contributed by atoms with van der Waals surface area (Å²) in [6.07, 6.45) is 1.66. The van der Waals surface area contributed by atoms with Crippen molar-refractivity contribution in [3.05, 3.63) is 35.9 Å². The van der Waals surface area contributed by atoms with E-state index in [1.54, 1.807) is 0 Å². The molecule has 6 nitrogen and oxygen atoms in total. The molecule has 2 amide bonds. The Balaban J connectivity index is 1.42. The Labute approximate surface area is 149 Å². The number of likely N-dealkylation sites (tertiary alicyclic amines) is 1. The number of amides is 2. The summed E-state index contributed by atoms with van der Waals surface area (Å²) in [7, 11) is 0. The van der Waals surface area contributed by atoms with Gasteiger partial charge in [0.05, 0.1) is 6.54 Å². The van der Waals surface area contributed by atoms with Crippen LogP contribution in [-0.2, 0) is 16.1 Å². The van der Waals surface area contributed by atoms with Crippen LogP contribution in [-0.4, -0.2) is 72.3 Å². The number of hydrogen-bond acceptors (Lipinski definition) is 4. The van der Waals surface area contributed by atoms with Crippen LogP contribution in [0.4, 0.5) is 0 Å². The normalized spacial score (nSPS) is 20.6. The fraction of sp³-hybridized carbons (Fsp3) is 0.579. The summed E-state index contributed by atoms with van der Waals surface area (Å²) in [6.45, 7) is 6.32. The summed E-state index contributed by atoms with van der Waals surface area (Å²) in [4.78, 5) is 30.2. The summed E-state index contributed by atoms with van der Waals surface area (Å²) >= 11 is 0. The average Bonchev–Trinajstić information content (AvgIpc) is 2.63. The molecule has 0 bridgehead atoms. The Bertz CT molecular complexity index is 576. The predicted octanol–water partition coefficient (Wildman–Crippen LogP) is 0.528. The molecule has 1 aromatic carbocycles. The van der Waals surface area contributed by atoms with Crippen molar-refractivity contribution in [2.24, 2.45) is 11.7 Å². The van der Waals surface area contributed by atoms with Crippen molar-refractivity contribution in [3.63, 3.8) is 0 Å². The lowest BCUT2D eigenvalue weighted by Gasteiger charge is -2.38. The molecule has 0 saturated carbocycles. The van der Waals surface area contributed by atoms with E-state index in [4.69, 9.17) is 5.73 Å². The molecule has 6 heteroatoms. The molecular formula is C19H28N4O2. The highest BCUT2D eigenvalue weighted by Crippen LogP contribution is 2.20. The lowest BCUT2D eigenvalue weighted by molar-refractivity contribution is -0.139. The first-order valence-corrected chi connectivity index (χ1v) is 9.17. The van der Waals surface area contributed by atoms with Crippen LogP contribution in [0.1, 0.15) is 18.4 Å². The Hall–Kier alpha value is -1.92. The first-order valence-electron chi connectivity index (χ1n) is 9.17. The fourth-order valence-electron chi connectivity index (χ4n) is 3.78. The van der Waals surface area contributed by atoms with E-state index < -0.39 is 0 Å². The van der Waals surface area contributed by atoms with Crippen molar-refractivity contribution >= 4 is 11.8 Å². The van der Waals surface area contributed by atoms with E-state index in [1.807, 2.05) is 15.9 Å². The van der Waals surface area contributed by atoms with Crippen molar-refractivity contribution in [2.75, 3.05) is 45.8 Å². The van der Waals surface area contributed by atoms with Crippen molar-refractivity contribution in [2.45, 2.75) is 19.4 Å². The molecule has 2 N–H and O–H groups in total. The van der Waals surface area contributed by atoms with Gasteiger partial charge >= 0.3 is 0 Å². The number of benzene rings is 1. The number of primary amides is 1. The summed E-state index contributed by atoms with van der Waals surface area (Å²) in [5, 5.41) is 0. The van der Waals surface area contributed by atoms with Gasteiger partial charge in [-0.2, -0.15) is 0 Å². The largest absolute Gasteiger partial charge is 0.369 e. The van der Waals surface area contributed by atoms with E-state index >= 15 is 0 Å². The SMILES string of the molecule is NC(=O)CN1CCC(C(=O)N2CCN(Cc3ccccc3)CC2)CC1.